The summed E-state index contributed by atoms with van der Waals surface area (Å²) in [5.74, 6) is 0.111. The van der Waals surface area contributed by atoms with Crippen molar-refractivity contribution in [2.45, 2.75) is 51.5 Å². The van der Waals surface area contributed by atoms with Gasteiger partial charge in [0, 0.05) is 13.1 Å². The Morgan fingerprint density at radius 1 is 1.17 bits per heavy atom. The maximum absolute atomic E-state index is 12.9. The number of aromatic nitrogens is 1. The number of hydrogen-bond donors (Lipinski definition) is 0. The molecular weight excluding hydrogens is 304 g/mol. The molecule has 0 aromatic carbocycles. The van der Waals surface area contributed by atoms with E-state index in [2.05, 4.69) is 11.1 Å². The first-order valence-corrected chi connectivity index (χ1v) is 9.33. The van der Waals surface area contributed by atoms with Gasteiger partial charge in [0.1, 0.15) is 0 Å². The van der Waals surface area contributed by atoms with Crippen molar-refractivity contribution in [2.75, 3.05) is 7.05 Å². The molecule has 1 aliphatic carbocycles. The topological polar surface area (TPSA) is 33.2 Å². The van der Waals surface area contributed by atoms with Crippen LogP contribution in [-0.4, -0.2) is 28.9 Å². The first kappa shape index (κ1) is 16.2. The molecule has 0 atom stereocenters. The fourth-order valence-corrected chi connectivity index (χ4v) is 4.04. The van der Waals surface area contributed by atoms with Crippen LogP contribution in [0.2, 0.25) is 0 Å². The quantitative estimate of drug-likeness (QED) is 0.750. The summed E-state index contributed by atoms with van der Waals surface area (Å²) in [5.41, 5.74) is 2.50. The van der Waals surface area contributed by atoms with Crippen LogP contribution in [0.5, 0.6) is 0 Å². The van der Waals surface area contributed by atoms with Crippen molar-refractivity contribution in [3.05, 3.63) is 40.9 Å². The minimum Gasteiger partial charge on any atom is -0.339 e. The summed E-state index contributed by atoms with van der Waals surface area (Å²) in [6, 6.07) is 8.36. The van der Waals surface area contributed by atoms with Crippen molar-refractivity contribution in [3.8, 4) is 10.6 Å². The van der Waals surface area contributed by atoms with Crippen molar-refractivity contribution in [1.29, 1.82) is 0 Å². The average molecular weight is 328 g/mol. The fourth-order valence-electron chi connectivity index (χ4n) is 3.35. The van der Waals surface area contributed by atoms with E-state index in [-0.39, 0.29) is 5.91 Å². The highest BCUT2D eigenvalue weighted by molar-refractivity contribution is 7.13. The predicted molar refractivity (Wildman–Crippen MR) is 95.9 cm³/mol. The monoisotopic (exact) mass is 328 g/mol. The molecule has 0 radical (unpaired) electrons. The van der Waals surface area contributed by atoms with Gasteiger partial charge in [0.25, 0.3) is 5.91 Å². The third-order valence-corrected chi connectivity index (χ3v) is 5.67. The van der Waals surface area contributed by atoms with Crippen LogP contribution in [0.25, 0.3) is 10.6 Å². The molecule has 1 fully saturated rings. The maximum atomic E-state index is 12.9. The summed E-state index contributed by atoms with van der Waals surface area (Å²) in [6.45, 7) is 1.94. The maximum Gasteiger partial charge on any atom is 0.255 e. The number of nitrogens with zero attached hydrogens (tertiary/aromatic N) is 2. The normalized spacial score (nSPS) is 16.1. The molecule has 2 aromatic heterocycles. The average Bonchev–Trinajstić information content (AvgIpc) is 2.96. The Kier molecular flexibility index (Phi) is 5.11. The fraction of sp³-hybridized carbons (Fsp3) is 0.474. The highest BCUT2D eigenvalue weighted by Crippen LogP contribution is 2.26. The molecule has 0 saturated heterocycles. The molecule has 1 saturated carbocycles. The number of thiophene rings is 1. The van der Waals surface area contributed by atoms with Crippen LogP contribution < -0.4 is 0 Å². The van der Waals surface area contributed by atoms with Gasteiger partial charge in [-0.3, -0.25) is 9.78 Å². The van der Waals surface area contributed by atoms with Gasteiger partial charge in [-0.15, -0.1) is 11.3 Å². The molecule has 0 N–H and O–H groups in total. The number of rotatable bonds is 3. The van der Waals surface area contributed by atoms with E-state index in [0.29, 0.717) is 6.04 Å². The number of hydrogen-bond acceptors (Lipinski definition) is 3. The van der Waals surface area contributed by atoms with Crippen molar-refractivity contribution < 1.29 is 4.79 Å². The summed E-state index contributed by atoms with van der Waals surface area (Å²) >= 11 is 1.67. The van der Waals surface area contributed by atoms with Crippen molar-refractivity contribution in [3.63, 3.8) is 0 Å². The van der Waals surface area contributed by atoms with Crippen LogP contribution in [0.4, 0.5) is 0 Å². The van der Waals surface area contributed by atoms with E-state index >= 15 is 0 Å². The highest BCUT2D eigenvalue weighted by atomic mass is 32.1. The summed E-state index contributed by atoms with van der Waals surface area (Å²) in [4.78, 5) is 20.6. The van der Waals surface area contributed by atoms with E-state index in [4.69, 9.17) is 0 Å². The summed E-state index contributed by atoms with van der Waals surface area (Å²) in [6.07, 6.45) is 7.32. The van der Waals surface area contributed by atoms with Crippen molar-refractivity contribution in [1.82, 2.24) is 9.88 Å². The second-order valence-electron chi connectivity index (χ2n) is 6.37. The molecule has 0 bridgehead atoms. The predicted octanol–water partition coefficient (Wildman–Crippen LogP) is 4.91. The zero-order chi connectivity index (χ0) is 16.2. The third-order valence-electron chi connectivity index (χ3n) is 4.78. The van der Waals surface area contributed by atoms with Crippen LogP contribution in [0.15, 0.2) is 29.6 Å². The van der Waals surface area contributed by atoms with Crippen molar-refractivity contribution in [2.24, 2.45) is 0 Å². The summed E-state index contributed by atoms with van der Waals surface area (Å²) in [7, 11) is 1.95. The highest BCUT2D eigenvalue weighted by Gasteiger charge is 2.23. The van der Waals surface area contributed by atoms with Gasteiger partial charge < -0.3 is 4.90 Å². The number of pyridine rings is 1. The van der Waals surface area contributed by atoms with Gasteiger partial charge in [0.15, 0.2) is 0 Å². The standard InChI is InChI=1S/C19H24N2OS/c1-14-16(11-12-17(20-14)18-10-7-13-23-18)19(22)21(2)15-8-5-3-4-6-9-15/h7,10-13,15H,3-6,8-9H2,1-2H3. The van der Waals surface area contributed by atoms with Gasteiger partial charge in [-0.25, -0.2) is 0 Å². The van der Waals surface area contributed by atoms with Gasteiger partial charge in [-0.1, -0.05) is 31.7 Å². The van der Waals surface area contributed by atoms with Crippen molar-refractivity contribution >= 4 is 17.2 Å². The van der Waals surface area contributed by atoms with E-state index in [0.717, 1.165) is 34.7 Å². The van der Waals surface area contributed by atoms with Gasteiger partial charge in [-0.05, 0) is 43.3 Å². The minimum absolute atomic E-state index is 0.111. The Hall–Kier alpha value is -1.68. The van der Waals surface area contributed by atoms with E-state index in [1.165, 1.54) is 25.7 Å². The van der Waals surface area contributed by atoms with Gasteiger partial charge in [0.2, 0.25) is 0 Å². The Labute approximate surface area is 142 Å². The largest absolute Gasteiger partial charge is 0.339 e. The van der Waals surface area contributed by atoms with E-state index in [1.807, 2.05) is 42.5 Å². The Bertz CT molecular complexity index is 658. The number of carbonyl (C=O) groups excluding carboxylic acids is 1. The zero-order valence-electron chi connectivity index (χ0n) is 13.9. The molecule has 1 amide bonds. The lowest BCUT2D eigenvalue weighted by Crippen LogP contribution is -2.37. The molecule has 2 heterocycles. The number of amides is 1. The Morgan fingerprint density at radius 2 is 1.91 bits per heavy atom. The Morgan fingerprint density at radius 3 is 2.52 bits per heavy atom. The lowest BCUT2D eigenvalue weighted by molar-refractivity contribution is 0.0716. The molecule has 23 heavy (non-hydrogen) atoms. The SMILES string of the molecule is Cc1nc(-c2cccs2)ccc1C(=O)N(C)C1CCCCCC1. The molecule has 4 heteroatoms. The molecular formula is C19H24N2OS. The third kappa shape index (κ3) is 3.63. The van der Waals surface area contributed by atoms with Crippen LogP contribution >= 0.6 is 11.3 Å². The zero-order valence-corrected chi connectivity index (χ0v) is 14.7. The van der Waals surface area contributed by atoms with Gasteiger partial charge >= 0.3 is 0 Å². The summed E-state index contributed by atoms with van der Waals surface area (Å²) < 4.78 is 0. The summed E-state index contributed by atoms with van der Waals surface area (Å²) in [5, 5.41) is 2.05. The molecule has 3 nitrogen and oxygen atoms in total. The van der Waals surface area contributed by atoms with Crippen LogP contribution in [-0.2, 0) is 0 Å². The van der Waals surface area contributed by atoms with Gasteiger partial charge in [-0.2, -0.15) is 0 Å². The Balaban J connectivity index is 1.79. The first-order valence-electron chi connectivity index (χ1n) is 8.45. The molecule has 0 unspecified atom stereocenters. The molecule has 1 aliphatic rings. The van der Waals surface area contributed by atoms with Crippen LogP contribution in [0.1, 0.15) is 54.6 Å². The van der Waals surface area contributed by atoms with E-state index in [9.17, 15) is 4.79 Å². The smallest absolute Gasteiger partial charge is 0.255 e. The number of carbonyl (C=O) groups is 1. The second-order valence-corrected chi connectivity index (χ2v) is 7.32. The molecule has 0 spiro atoms. The lowest BCUT2D eigenvalue weighted by atomic mass is 10.1. The van der Waals surface area contributed by atoms with E-state index < -0.39 is 0 Å². The molecule has 2 aromatic rings. The molecule has 0 aliphatic heterocycles. The lowest BCUT2D eigenvalue weighted by Gasteiger charge is -2.27. The molecule has 3 rings (SSSR count). The van der Waals surface area contributed by atoms with Crippen LogP contribution in [0, 0.1) is 6.92 Å². The molecule has 122 valence electrons. The van der Waals surface area contributed by atoms with Crippen LogP contribution in [0.3, 0.4) is 0 Å². The van der Waals surface area contributed by atoms with Gasteiger partial charge in [0.05, 0.1) is 21.8 Å². The second kappa shape index (κ2) is 7.26. The number of aryl methyl sites for hydroxylation is 1. The first-order chi connectivity index (χ1) is 11.2. The van der Waals surface area contributed by atoms with E-state index in [1.54, 1.807) is 11.3 Å². The minimum atomic E-state index is 0.111.